The number of aliphatic carboxylic acids is 2. The van der Waals surface area contributed by atoms with Crippen LogP contribution in [0.3, 0.4) is 0 Å². The van der Waals surface area contributed by atoms with E-state index in [0.717, 1.165) is 38.5 Å². The van der Waals surface area contributed by atoms with Crippen molar-refractivity contribution in [3.63, 3.8) is 0 Å². The zero-order valence-electron chi connectivity index (χ0n) is 26.1. The predicted molar refractivity (Wildman–Crippen MR) is 143 cm³/mol. The van der Waals surface area contributed by atoms with Crippen LogP contribution in [0, 0.1) is 11.8 Å². The van der Waals surface area contributed by atoms with E-state index in [9.17, 15) is 29.4 Å². The third kappa shape index (κ3) is 35.8. The molecule has 10 nitrogen and oxygen atoms in total. The molecule has 2 N–H and O–H groups in total. The number of ether oxygens (including phenoxy) is 2. The standard InChI is InChI=1S/2C14H27NO4.2Na/c2*1-3-5-6-12(4-2)11-19-14(18)8-10-15-9-7-13(16)17;;/h2*12,15H,3-11H2,1-2H3,(H,16,17);;/q;;2*+1/p-2. The molecule has 12 heteroatoms. The zero-order valence-corrected chi connectivity index (χ0v) is 30.1. The Labute approximate surface area is 286 Å². The molecular formula is C28H52N2Na2O8. The smallest absolute Gasteiger partial charge is 0.550 e. The van der Waals surface area contributed by atoms with E-state index >= 15 is 0 Å². The molecule has 0 fully saturated rings. The topological polar surface area (TPSA) is 157 Å². The van der Waals surface area contributed by atoms with Crippen molar-refractivity contribution in [2.75, 3.05) is 39.4 Å². The molecule has 0 aliphatic rings. The summed E-state index contributed by atoms with van der Waals surface area (Å²) >= 11 is 0. The Morgan fingerprint density at radius 3 is 1.20 bits per heavy atom. The molecule has 0 aromatic rings. The number of nitrogens with one attached hydrogen (secondary N) is 2. The number of hydrogen-bond donors (Lipinski definition) is 2. The van der Waals surface area contributed by atoms with Crippen molar-refractivity contribution in [2.45, 2.75) is 105 Å². The SMILES string of the molecule is CCCCC(CC)COC(=O)CCNCCC(=O)[O-].CCCCC(CC)COC(=O)CCNCCC(=O)[O-].[Na+].[Na+]. The quantitative estimate of drug-likeness (QED) is 0.0641. The predicted octanol–water partition coefficient (Wildman–Crippen LogP) is -4.26. The molecule has 224 valence electrons. The fraction of sp³-hybridized carbons (Fsp3) is 0.857. The van der Waals surface area contributed by atoms with Crippen molar-refractivity contribution in [3.05, 3.63) is 0 Å². The van der Waals surface area contributed by atoms with Crippen LogP contribution in [0.1, 0.15) is 105 Å². The third-order valence-corrected chi connectivity index (χ3v) is 6.07. The summed E-state index contributed by atoms with van der Waals surface area (Å²) in [4.78, 5) is 43.2. The van der Waals surface area contributed by atoms with Gasteiger partial charge in [0.1, 0.15) is 0 Å². The average Bonchev–Trinajstić information content (AvgIpc) is 2.88. The molecule has 0 aliphatic carbocycles. The molecule has 40 heavy (non-hydrogen) atoms. The summed E-state index contributed by atoms with van der Waals surface area (Å²) < 4.78 is 10.4. The molecule has 0 rings (SSSR count). The number of carboxylic acid groups (broad SMARTS) is 2. The Hall–Kier alpha value is -0.200. The van der Waals surface area contributed by atoms with Crippen molar-refractivity contribution in [1.82, 2.24) is 10.6 Å². The van der Waals surface area contributed by atoms with Gasteiger partial charge in [0.15, 0.2) is 0 Å². The number of rotatable bonds is 24. The van der Waals surface area contributed by atoms with Crippen LogP contribution in [0.2, 0.25) is 0 Å². The number of carbonyl (C=O) groups is 4. The molecule has 0 heterocycles. The molecule has 0 saturated heterocycles. The van der Waals surface area contributed by atoms with Crippen LogP contribution in [0.4, 0.5) is 0 Å². The van der Waals surface area contributed by atoms with E-state index < -0.39 is 11.9 Å². The molecule has 0 amide bonds. The van der Waals surface area contributed by atoms with Gasteiger partial charge in [-0.3, -0.25) is 9.59 Å². The minimum atomic E-state index is -1.09. The maximum atomic E-state index is 11.4. The van der Waals surface area contributed by atoms with Crippen LogP contribution in [-0.4, -0.2) is 63.3 Å². The van der Waals surface area contributed by atoms with Crippen molar-refractivity contribution in [1.29, 1.82) is 0 Å². The van der Waals surface area contributed by atoms with Gasteiger partial charge in [0.05, 0.1) is 26.1 Å². The number of esters is 2. The van der Waals surface area contributed by atoms with Crippen LogP contribution in [-0.2, 0) is 28.7 Å². The van der Waals surface area contributed by atoms with Gasteiger partial charge >= 0.3 is 71.1 Å². The van der Waals surface area contributed by atoms with Crippen molar-refractivity contribution >= 4 is 23.9 Å². The molecule has 0 aromatic heterocycles. The van der Waals surface area contributed by atoms with Gasteiger partial charge in [-0.1, -0.05) is 66.2 Å². The monoisotopic (exact) mass is 590 g/mol. The summed E-state index contributed by atoms with van der Waals surface area (Å²) in [5, 5.41) is 26.0. The van der Waals surface area contributed by atoms with Crippen LogP contribution >= 0.6 is 0 Å². The van der Waals surface area contributed by atoms with Gasteiger partial charge in [0.25, 0.3) is 0 Å². The van der Waals surface area contributed by atoms with E-state index in [4.69, 9.17) is 9.47 Å². The molecule has 0 saturated carbocycles. The molecule has 0 bridgehead atoms. The largest absolute Gasteiger partial charge is 1.00 e. The maximum absolute atomic E-state index is 11.4. The van der Waals surface area contributed by atoms with Gasteiger partial charge in [-0.15, -0.1) is 0 Å². The van der Waals surface area contributed by atoms with Gasteiger partial charge in [-0.05, 0) is 37.5 Å². The summed E-state index contributed by atoms with van der Waals surface area (Å²) in [7, 11) is 0. The Morgan fingerprint density at radius 1 is 0.600 bits per heavy atom. The van der Waals surface area contributed by atoms with E-state index in [2.05, 4.69) is 38.3 Å². The number of unbranched alkanes of at least 4 members (excludes halogenated alkanes) is 2. The molecule has 2 unspecified atom stereocenters. The Kier molecular flexibility index (Phi) is 40.9. The van der Waals surface area contributed by atoms with Gasteiger partial charge in [-0.2, -0.15) is 0 Å². The summed E-state index contributed by atoms with van der Waals surface area (Å²) in [5.74, 6) is -1.72. The second kappa shape index (κ2) is 35.0. The van der Waals surface area contributed by atoms with E-state index in [1.807, 2.05) is 0 Å². The molecule has 0 aromatic carbocycles. The van der Waals surface area contributed by atoms with E-state index in [0.29, 0.717) is 51.2 Å². The van der Waals surface area contributed by atoms with Gasteiger partial charge in [0.2, 0.25) is 0 Å². The Bertz CT molecular complexity index is 575. The average molecular weight is 591 g/mol. The van der Waals surface area contributed by atoms with Crippen LogP contribution < -0.4 is 80.0 Å². The molecule has 0 spiro atoms. The van der Waals surface area contributed by atoms with Gasteiger partial charge in [-0.25, -0.2) is 0 Å². The normalized spacial score (nSPS) is 11.5. The van der Waals surface area contributed by atoms with E-state index in [-0.39, 0.29) is 96.7 Å². The fourth-order valence-corrected chi connectivity index (χ4v) is 3.37. The minimum absolute atomic E-state index is 0. The number of carboxylic acids is 2. The minimum Gasteiger partial charge on any atom is -0.550 e. The first-order valence-electron chi connectivity index (χ1n) is 14.3. The molecule has 0 aliphatic heterocycles. The first kappa shape index (κ1) is 46.7. The molecular weight excluding hydrogens is 538 g/mol. The number of hydrogen-bond acceptors (Lipinski definition) is 10. The zero-order chi connectivity index (χ0) is 29.0. The summed E-state index contributed by atoms with van der Waals surface area (Å²) in [6, 6.07) is 0. The van der Waals surface area contributed by atoms with E-state index in [1.54, 1.807) is 0 Å². The first-order valence-corrected chi connectivity index (χ1v) is 14.3. The second-order valence-corrected chi connectivity index (χ2v) is 9.44. The summed E-state index contributed by atoms with van der Waals surface area (Å²) in [6.45, 7) is 11.0. The van der Waals surface area contributed by atoms with Crippen molar-refractivity contribution in [2.24, 2.45) is 11.8 Å². The van der Waals surface area contributed by atoms with Gasteiger partial charge < -0.3 is 39.9 Å². The Balaban J connectivity index is -0.000000309. The molecule has 2 atom stereocenters. The van der Waals surface area contributed by atoms with Crippen LogP contribution in [0.15, 0.2) is 0 Å². The summed E-state index contributed by atoms with van der Waals surface area (Å²) in [6.07, 6.45) is 9.38. The summed E-state index contributed by atoms with van der Waals surface area (Å²) in [5.41, 5.74) is 0. The molecule has 0 radical (unpaired) electrons. The van der Waals surface area contributed by atoms with E-state index in [1.165, 1.54) is 12.8 Å². The van der Waals surface area contributed by atoms with Crippen LogP contribution in [0.25, 0.3) is 0 Å². The van der Waals surface area contributed by atoms with Crippen LogP contribution in [0.5, 0.6) is 0 Å². The fourth-order valence-electron chi connectivity index (χ4n) is 3.37. The maximum Gasteiger partial charge on any atom is 1.00 e. The van der Waals surface area contributed by atoms with Crippen molar-refractivity contribution in [3.8, 4) is 0 Å². The third-order valence-electron chi connectivity index (χ3n) is 6.07. The Morgan fingerprint density at radius 2 is 0.925 bits per heavy atom. The van der Waals surface area contributed by atoms with Crippen molar-refractivity contribution < 1.29 is 98.0 Å². The second-order valence-electron chi connectivity index (χ2n) is 9.44. The first-order chi connectivity index (χ1) is 18.2. The number of carbonyl (C=O) groups excluding carboxylic acids is 4. The van der Waals surface area contributed by atoms with Gasteiger partial charge in [0, 0.05) is 38.1 Å².